The first kappa shape index (κ1) is 15.9. The molecule has 0 bridgehead atoms. The minimum atomic E-state index is 0.0853. The molecule has 1 aromatic heterocycles. The molecule has 1 saturated heterocycles. The van der Waals surface area contributed by atoms with E-state index in [9.17, 15) is 4.79 Å². The molecule has 21 heavy (non-hydrogen) atoms. The second-order valence-corrected chi connectivity index (χ2v) is 5.42. The fourth-order valence-corrected chi connectivity index (χ4v) is 2.75. The molecule has 0 aliphatic carbocycles. The maximum atomic E-state index is 12.7. The van der Waals surface area contributed by atoms with Gasteiger partial charge < -0.3 is 19.9 Å². The molecular weight excluding hydrogens is 268 g/mol. The number of ether oxygens (including phenoxy) is 1. The number of nitrogen functional groups attached to an aromatic ring is 1. The van der Waals surface area contributed by atoms with Crippen molar-refractivity contribution in [3.8, 4) is 0 Å². The average molecular weight is 294 g/mol. The molecule has 0 atom stereocenters. The normalized spacial score (nSPS) is 17.0. The third-order valence-electron chi connectivity index (χ3n) is 3.96. The highest BCUT2D eigenvalue weighted by Gasteiger charge is 2.22. The Morgan fingerprint density at radius 1 is 1.33 bits per heavy atom. The van der Waals surface area contributed by atoms with Gasteiger partial charge in [-0.3, -0.25) is 9.69 Å². The first-order valence-electron chi connectivity index (χ1n) is 7.62. The lowest BCUT2D eigenvalue weighted by Crippen LogP contribution is -2.36. The molecule has 118 valence electrons. The molecular formula is C15H26N4O2. The number of nitrogens with zero attached hydrogens (tertiary/aromatic N) is 3. The second-order valence-electron chi connectivity index (χ2n) is 5.42. The average Bonchev–Trinajstić information content (AvgIpc) is 2.71. The van der Waals surface area contributed by atoms with Crippen molar-refractivity contribution in [2.75, 3.05) is 52.2 Å². The van der Waals surface area contributed by atoms with Crippen molar-refractivity contribution in [3.05, 3.63) is 18.0 Å². The predicted molar refractivity (Wildman–Crippen MR) is 83.4 cm³/mol. The van der Waals surface area contributed by atoms with Crippen LogP contribution in [0.1, 0.15) is 23.8 Å². The highest BCUT2D eigenvalue weighted by Crippen LogP contribution is 2.14. The Hall–Kier alpha value is -1.53. The van der Waals surface area contributed by atoms with E-state index in [0.29, 0.717) is 11.4 Å². The molecule has 0 radical (unpaired) electrons. The maximum Gasteiger partial charge on any atom is 0.270 e. The van der Waals surface area contributed by atoms with Crippen LogP contribution in [0.25, 0.3) is 0 Å². The van der Waals surface area contributed by atoms with Crippen molar-refractivity contribution < 1.29 is 9.53 Å². The van der Waals surface area contributed by atoms with Crippen LogP contribution in [0, 0.1) is 0 Å². The van der Waals surface area contributed by atoms with Gasteiger partial charge in [0.05, 0.1) is 12.3 Å². The van der Waals surface area contributed by atoms with Crippen LogP contribution in [0.2, 0.25) is 0 Å². The van der Waals surface area contributed by atoms with E-state index >= 15 is 0 Å². The Labute approximate surface area is 126 Å². The summed E-state index contributed by atoms with van der Waals surface area (Å²) in [5.41, 5.74) is 7.16. The van der Waals surface area contributed by atoms with Gasteiger partial charge in [0.2, 0.25) is 0 Å². The largest absolute Gasteiger partial charge is 0.397 e. The summed E-state index contributed by atoms with van der Waals surface area (Å²) in [4.78, 5) is 17.0. The Morgan fingerprint density at radius 3 is 2.86 bits per heavy atom. The standard InChI is InChI=1S/C15H26N4O2/c1-3-18-12-13(16)11-14(18)15(20)19-6-4-5-17(7-8-19)9-10-21-2/h11-12H,3-10,16H2,1-2H3. The van der Waals surface area contributed by atoms with Gasteiger partial charge in [0.25, 0.3) is 5.91 Å². The molecule has 2 N–H and O–H groups in total. The molecule has 6 nitrogen and oxygen atoms in total. The Morgan fingerprint density at radius 2 is 2.14 bits per heavy atom. The molecule has 2 heterocycles. The highest BCUT2D eigenvalue weighted by molar-refractivity contribution is 5.93. The minimum absolute atomic E-state index is 0.0853. The van der Waals surface area contributed by atoms with Crippen LogP contribution >= 0.6 is 0 Å². The highest BCUT2D eigenvalue weighted by atomic mass is 16.5. The van der Waals surface area contributed by atoms with Gasteiger partial charge in [-0.05, 0) is 26.0 Å². The summed E-state index contributed by atoms with van der Waals surface area (Å²) >= 11 is 0. The number of aryl methyl sites for hydroxylation is 1. The Bertz CT molecular complexity index is 472. The Kier molecular flexibility index (Phi) is 5.64. The van der Waals surface area contributed by atoms with E-state index < -0.39 is 0 Å². The van der Waals surface area contributed by atoms with Gasteiger partial charge in [-0.25, -0.2) is 0 Å². The zero-order chi connectivity index (χ0) is 15.2. The van der Waals surface area contributed by atoms with Crippen molar-refractivity contribution in [3.63, 3.8) is 0 Å². The van der Waals surface area contributed by atoms with Crippen molar-refractivity contribution >= 4 is 11.6 Å². The van der Waals surface area contributed by atoms with Crippen LogP contribution in [-0.4, -0.2) is 66.7 Å². The number of nitrogens with two attached hydrogens (primary N) is 1. The minimum Gasteiger partial charge on any atom is -0.397 e. The molecule has 2 rings (SSSR count). The zero-order valence-electron chi connectivity index (χ0n) is 13.0. The molecule has 1 aromatic rings. The number of hydrogen-bond donors (Lipinski definition) is 1. The van der Waals surface area contributed by atoms with Gasteiger partial charge >= 0.3 is 0 Å². The van der Waals surface area contributed by atoms with Crippen LogP contribution in [0.15, 0.2) is 12.3 Å². The van der Waals surface area contributed by atoms with Crippen LogP contribution in [0.4, 0.5) is 5.69 Å². The lowest BCUT2D eigenvalue weighted by Gasteiger charge is -2.22. The lowest BCUT2D eigenvalue weighted by molar-refractivity contribution is 0.0748. The van der Waals surface area contributed by atoms with E-state index in [1.54, 1.807) is 13.2 Å². The van der Waals surface area contributed by atoms with Gasteiger partial charge in [-0.2, -0.15) is 0 Å². The van der Waals surface area contributed by atoms with Crippen LogP contribution in [-0.2, 0) is 11.3 Å². The smallest absolute Gasteiger partial charge is 0.270 e. The van der Waals surface area contributed by atoms with E-state index in [2.05, 4.69) is 4.90 Å². The van der Waals surface area contributed by atoms with Gasteiger partial charge in [0.1, 0.15) is 5.69 Å². The molecule has 1 aliphatic rings. The third-order valence-corrected chi connectivity index (χ3v) is 3.96. The number of amides is 1. The summed E-state index contributed by atoms with van der Waals surface area (Å²) < 4.78 is 7.04. The van der Waals surface area contributed by atoms with Crippen LogP contribution in [0.5, 0.6) is 0 Å². The summed E-state index contributed by atoms with van der Waals surface area (Å²) in [5, 5.41) is 0. The number of aromatic nitrogens is 1. The quantitative estimate of drug-likeness (QED) is 0.876. The molecule has 6 heteroatoms. The molecule has 0 spiro atoms. The number of rotatable bonds is 5. The zero-order valence-corrected chi connectivity index (χ0v) is 13.0. The van der Waals surface area contributed by atoms with E-state index in [-0.39, 0.29) is 5.91 Å². The summed E-state index contributed by atoms with van der Waals surface area (Å²) in [7, 11) is 1.72. The molecule has 0 saturated carbocycles. The van der Waals surface area contributed by atoms with Crippen molar-refractivity contribution in [2.24, 2.45) is 0 Å². The molecule has 1 fully saturated rings. The van der Waals surface area contributed by atoms with E-state index in [0.717, 1.165) is 52.3 Å². The Balaban J connectivity index is 1.99. The van der Waals surface area contributed by atoms with Gasteiger partial charge in [-0.1, -0.05) is 0 Å². The van der Waals surface area contributed by atoms with E-state index in [1.807, 2.05) is 22.6 Å². The molecule has 0 aromatic carbocycles. The SMILES string of the molecule is CCn1cc(N)cc1C(=O)N1CCCN(CCOC)CC1. The molecule has 1 aliphatic heterocycles. The summed E-state index contributed by atoms with van der Waals surface area (Å²) in [5.74, 6) is 0.0853. The lowest BCUT2D eigenvalue weighted by atomic mass is 10.3. The maximum absolute atomic E-state index is 12.7. The van der Waals surface area contributed by atoms with E-state index in [1.165, 1.54) is 0 Å². The third kappa shape index (κ3) is 3.98. The van der Waals surface area contributed by atoms with Crippen molar-refractivity contribution in [1.29, 1.82) is 0 Å². The van der Waals surface area contributed by atoms with Crippen LogP contribution in [0.3, 0.4) is 0 Å². The monoisotopic (exact) mass is 294 g/mol. The van der Waals surface area contributed by atoms with Crippen molar-refractivity contribution in [1.82, 2.24) is 14.4 Å². The van der Waals surface area contributed by atoms with Gasteiger partial charge in [-0.15, -0.1) is 0 Å². The summed E-state index contributed by atoms with van der Waals surface area (Å²) in [6, 6.07) is 1.78. The molecule has 1 amide bonds. The number of hydrogen-bond acceptors (Lipinski definition) is 4. The summed E-state index contributed by atoms with van der Waals surface area (Å²) in [6.07, 6.45) is 2.83. The van der Waals surface area contributed by atoms with E-state index in [4.69, 9.17) is 10.5 Å². The fourth-order valence-electron chi connectivity index (χ4n) is 2.75. The number of carbonyl (C=O) groups excluding carboxylic acids is 1. The van der Waals surface area contributed by atoms with Gasteiger partial charge in [0, 0.05) is 46.0 Å². The molecule has 0 unspecified atom stereocenters. The summed E-state index contributed by atoms with van der Waals surface area (Å²) in [6.45, 7) is 7.92. The van der Waals surface area contributed by atoms with Crippen molar-refractivity contribution in [2.45, 2.75) is 19.9 Å². The fraction of sp³-hybridized carbons (Fsp3) is 0.667. The number of anilines is 1. The van der Waals surface area contributed by atoms with Gasteiger partial charge in [0.15, 0.2) is 0 Å². The first-order chi connectivity index (χ1) is 10.2. The number of methoxy groups -OCH3 is 1. The topological polar surface area (TPSA) is 63.7 Å². The second kappa shape index (κ2) is 7.47. The predicted octanol–water partition coefficient (Wildman–Crippen LogP) is 0.885. The first-order valence-corrected chi connectivity index (χ1v) is 7.62. The number of carbonyl (C=O) groups is 1. The van der Waals surface area contributed by atoms with Crippen LogP contribution < -0.4 is 5.73 Å².